The van der Waals surface area contributed by atoms with E-state index in [0.29, 0.717) is 5.57 Å². The quantitative estimate of drug-likeness (QED) is 0.343. The smallest absolute Gasteiger partial charge is 0.254 e. The van der Waals surface area contributed by atoms with E-state index in [2.05, 4.69) is 10.6 Å². The number of nitrogens with one attached hydrogen (secondary N) is 2. The molecule has 58 valence electrons. The molecule has 2 rings (SSSR count). The molecule has 0 saturated carbocycles. The first-order valence-electron chi connectivity index (χ1n) is 3.53. The summed E-state index contributed by atoms with van der Waals surface area (Å²) in [6.45, 7) is 1.52. The highest BCUT2D eigenvalue weighted by molar-refractivity contribution is 6.13. The summed E-state index contributed by atoms with van der Waals surface area (Å²) in [5.74, 6) is -0.379. The van der Waals surface area contributed by atoms with E-state index >= 15 is 0 Å². The van der Waals surface area contributed by atoms with Crippen LogP contribution in [0.5, 0.6) is 0 Å². The summed E-state index contributed by atoms with van der Waals surface area (Å²) in [7, 11) is 0. The fraction of sp³-hybridized carbons (Fsp3) is 0.429. The molecule has 2 fully saturated rings. The third-order valence-electron chi connectivity index (χ3n) is 1.97. The molecule has 0 unspecified atom stereocenters. The Labute approximate surface area is 63.7 Å². The van der Waals surface area contributed by atoms with Gasteiger partial charge >= 0.3 is 0 Å². The van der Waals surface area contributed by atoms with Crippen molar-refractivity contribution in [3.8, 4) is 0 Å². The zero-order valence-corrected chi connectivity index (χ0v) is 5.94. The molecule has 0 atom stereocenters. The lowest BCUT2D eigenvalue weighted by Crippen LogP contribution is -2.36. The number of rotatable bonds is 0. The van der Waals surface area contributed by atoms with Crippen LogP contribution in [0.1, 0.15) is 6.42 Å². The number of hydrogen-bond acceptors (Lipinski definition) is 3. The second-order valence-electron chi connectivity index (χ2n) is 2.74. The molecule has 2 aliphatic heterocycles. The second-order valence-corrected chi connectivity index (χ2v) is 2.74. The normalized spacial score (nSPS) is 23.6. The molecule has 2 heterocycles. The van der Waals surface area contributed by atoms with Crippen LogP contribution in [0.4, 0.5) is 0 Å². The van der Waals surface area contributed by atoms with Gasteiger partial charge in [-0.15, -0.1) is 0 Å². The van der Waals surface area contributed by atoms with Crippen LogP contribution < -0.4 is 10.6 Å². The van der Waals surface area contributed by atoms with Gasteiger partial charge in [0.1, 0.15) is 0 Å². The number of imide groups is 1. The van der Waals surface area contributed by atoms with Gasteiger partial charge in [0.15, 0.2) is 0 Å². The molecule has 0 aromatic carbocycles. The van der Waals surface area contributed by atoms with Crippen LogP contribution in [0.15, 0.2) is 11.1 Å². The van der Waals surface area contributed by atoms with Crippen LogP contribution in [0, 0.1) is 0 Å². The highest BCUT2D eigenvalue weighted by Gasteiger charge is 2.28. The van der Waals surface area contributed by atoms with Crippen molar-refractivity contribution in [3.63, 3.8) is 0 Å². The summed E-state index contributed by atoms with van der Waals surface area (Å²) >= 11 is 0. The minimum Gasteiger partial charge on any atom is -0.309 e. The molecule has 0 aromatic rings. The van der Waals surface area contributed by atoms with Crippen LogP contribution in [0.2, 0.25) is 0 Å². The zero-order valence-electron chi connectivity index (χ0n) is 5.94. The van der Waals surface area contributed by atoms with Gasteiger partial charge in [-0.25, -0.2) is 0 Å². The minimum atomic E-state index is -0.202. The molecule has 0 aliphatic carbocycles. The molecule has 0 spiro atoms. The Morgan fingerprint density at radius 2 is 1.91 bits per heavy atom. The van der Waals surface area contributed by atoms with Crippen molar-refractivity contribution in [1.82, 2.24) is 10.6 Å². The Morgan fingerprint density at radius 3 is 2.27 bits per heavy atom. The Kier molecular flexibility index (Phi) is 1.29. The topological polar surface area (TPSA) is 58.2 Å². The van der Waals surface area contributed by atoms with Gasteiger partial charge in [0, 0.05) is 18.7 Å². The third-order valence-corrected chi connectivity index (χ3v) is 1.97. The molecular formula is C7H8N2O2. The third kappa shape index (κ3) is 0.952. The lowest BCUT2D eigenvalue weighted by molar-refractivity contribution is -0.124. The Bertz CT molecular complexity index is 262. The Balaban J connectivity index is 2.27. The largest absolute Gasteiger partial charge is 0.309 e. The standard InChI is InChI=1S/C7H8N2O2/c10-6-1-5(7(11)9-6)4-2-8-3-4/h8H,1-3H2,(H,9,10,11). The monoisotopic (exact) mass is 152 g/mol. The maximum atomic E-state index is 11.0. The molecule has 0 bridgehead atoms. The van der Waals surface area contributed by atoms with Crippen molar-refractivity contribution < 1.29 is 9.59 Å². The Morgan fingerprint density at radius 1 is 1.18 bits per heavy atom. The summed E-state index contributed by atoms with van der Waals surface area (Å²) in [6, 6.07) is 0. The van der Waals surface area contributed by atoms with Crippen molar-refractivity contribution in [3.05, 3.63) is 11.1 Å². The van der Waals surface area contributed by atoms with E-state index in [4.69, 9.17) is 0 Å². The first kappa shape index (κ1) is 6.54. The number of carbonyl (C=O) groups excluding carboxylic acids is 2. The van der Waals surface area contributed by atoms with Gasteiger partial charge in [0.05, 0.1) is 6.42 Å². The van der Waals surface area contributed by atoms with Crippen LogP contribution in [0.25, 0.3) is 0 Å². The van der Waals surface area contributed by atoms with Crippen molar-refractivity contribution in [2.75, 3.05) is 13.1 Å². The molecule has 2 aliphatic rings. The van der Waals surface area contributed by atoms with Crippen LogP contribution in [-0.2, 0) is 9.59 Å². The summed E-state index contributed by atoms with van der Waals surface area (Å²) in [4.78, 5) is 21.7. The van der Waals surface area contributed by atoms with E-state index in [0.717, 1.165) is 18.7 Å². The summed E-state index contributed by atoms with van der Waals surface area (Å²) < 4.78 is 0. The first-order valence-corrected chi connectivity index (χ1v) is 3.53. The lowest BCUT2D eigenvalue weighted by atomic mass is 10.0. The van der Waals surface area contributed by atoms with E-state index in [-0.39, 0.29) is 18.2 Å². The van der Waals surface area contributed by atoms with E-state index in [1.165, 1.54) is 0 Å². The first-order chi connectivity index (χ1) is 5.27. The molecule has 11 heavy (non-hydrogen) atoms. The van der Waals surface area contributed by atoms with Crippen molar-refractivity contribution in [2.45, 2.75) is 6.42 Å². The second kappa shape index (κ2) is 2.17. The highest BCUT2D eigenvalue weighted by atomic mass is 16.2. The van der Waals surface area contributed by atoms with Crippen LogP contribution in [0.3, 0.4) is 0 Å². The van der Waals surface area contributed by atoms with Crippen molar-refractivity contribution >= 4 is 11.8 Å². The molecule has 4 heteroatoms. The van der Waals surface area contributed by atoms with Gasteiger partial charge in [-0.05, 0) is 5.57 Å². The highest BCUT2D eigenvalue weighted by Crippen LogP contribution is 2.17. The summed E-state index contributed by atoms with van der Waals surface area (Å²) in [6.07, 6.45) is 0.274. The predicted molar refractivity (Wildman–Crippen MR) is 37.7 cm³/mol. The lowest BCUT2D eigenvalue weighted by Gasteiger charge is -2.19. The zero-order chi connectivity index (χ0) is 7.84. The predicted octanol–water partition coefficient (Wildman–Crippen LogP) is -1.07. The van der Waals surface area contributed by atoms with Gasteiger partial charge < -0.3 is 5.32 Å². The molecule has 0 radical (unpaired) electrons. The molecule has 4 nitrogen and oxygen atoms in total. The molecule has 0 aromatic heterocycles. The van der Waals surface area contributed by atoms with E-state index in [1.54, 1.807) is 0 Å². The van der Waals surface area contributed by atoms with E-state index < -0.39 is 0 Å². The Hall–Kier alpha value is -1.16. The van der Waals surface area contributed by atoms with Gasteiger partial charge in [0.2, 0.25) is 5.91 Å². The fourth-order valence-electron chi connectivity index (χ4n) is 1.24. The maximum Gasteiger partial charge on any atom is 0.254 e. The average molecular weight is 152 g/mol. The van der Waals surface area contributed by atoms with E-state index in [9.17, 15) is 9.59 Å². The SMILES string of the molecule is O=C1CC(=C2CNC2)C(=O)N1. The maximum absolute atomic E-state index is 11.0. The molecular weight excluding hydrogens is 144 g/mol. The van der Waals surface area contributed by atoms with Gasteiger partial charge in [0.25, 0.3) is 5.91 Å². The number of carbonyl (C=O) groups is 2. The molecule has 2 N–H and O–H groups in total. The molecule has 2 amide bonds. The summed E-state index contributed by atoms with van der Waals surface area (Å²) in [5, 5.41) is 5.28. The van der Waals surface area contributed by atoms with Crippen molar-refractivity contribution in [1.29, 1.82) is 0 Å². The number of hydrogen-bond donors (Lipinski definition) is 2. The molecule has 2 saturated heterocycles. The van der Waals surface area contributed by atoms with Crippen LogP contribution >= 0.6 is 0 Å². The number of amides is 2. The van der Waals surface area contributed by atoms with Gasteiger partial charge in [-0.1, -0.05) is 0 Å². The van der Waals surface area contributed by atoms with Gasteiger partial charge in [-0.2, -0.15) is 0 Å². The fourth-order valence-corrected chi connectivity index (χ4v) is 1.24. The van der Waals surface area contributed by atoms with Crippen molar-refractivity contribution in [2.24, 2.45) is 0 Å². The van der Waals surface area contributed by atoms with Crippen LogP contribution in [-0.4, -0.2) is 24.9 Å². The minimum absolute atomic E-state index is 0.176. The van der Waals surface area contributed by atoms with Gasteiger partial charge in [-0.3, -0.25) is 14.9 Å². The summed E-state index contributed by atoms with van der Waals surface area (Å²) in [5.41, 5.74) is 1.75. The average Bonchev–Trinajstić information content (AvgIpc) is 2.07. The van der Waals surface area contributed by atoms with E-state index in [1.807, 2.05) is 0 Å².